The quantitative estimate of drug-likeness (QED) is 0.705. The van der Waals surface area contributed by atoms with Crippen LogP contribution in [0.25, 0.3) is 5.57 Å². The largest absolute Gasteiger partial charge is 0.300 e. The number of allylic oxidation sites excluding steroid dienone is 2. The number of rotatable bonds is 5. The van der Waals surface area contributed by atoms with Gasteiger partial charge in [-0.25, -0.2) is 0 Å². The van der Waals surface area contributed by atoms with Crippen molar-refractivity contribution < 1.29 is 4.79 Å². The fraction of sp³-hybridized carbons (Fsp3) is 0.571. The zero-order valence-corrected chi connectivity index (χ0v) is 14.2. The molecule has 1 saturated carbocycles. The number of hydrogen-bond donors (Lipinski definition) is 0. The highest BCUT2D eigenvalue weighted by molar-refractivity contribution is 5.78. The summed E-state index contributed by atoms with van der Waals surface area (Å²) >= 11 is 0. The summed E-state index contributed by atoms with van der Waals surface area (Å²) < 4.78 is 0. The molecule has 0 bridgehead atoms. The molecule has 3 rings (SSSR count). The van der Waals surface area contributed by atoms with Crippen molar-refractivity contribution in [1.29, 1.82) is 0 Å². The molecule has 2 aliphatic carbocycles. The first-order valence-electron chi connectivity index (χ1n) is 8.78. The number of Topliss-reactive ketones (excluding diaryl/α,β-unsaturated/α-hetero) is 1. The van der Waals surface area contributed by atoms with Crippen LogP contribution in [0.5, 0.6) is 0 Å². The van der Waals surface area contributed by atoms with E-state index in [1.54, 1.807) is 12.5 Å². The van der Waals surface area contributed by atoms with Gasteiger partial charge in [0.15, 0.2) is 0 Å². The highest BCUT2D eigenvalue weighted by Gasteiger charge is 2.26. The van der Waals surface area contributed by atoms with Crippen LogP contribution in [0.4, 0.5) is 0 Å². The summed E-state index contributed by atoms with van der Waals surface area (Å²) in [5, 5.41) is 0. The van der Waals surface area contributed by atoms with E-state index in [1.165, 1.54) is 48.8 Å². The Hall–Kier alpha value is -1.37. The summed E-state index contributed by atoms with van der Waals surface area (Å²) in [6.45, 7) is 6.07. The molecule has 0 unspecified atom stereocenters. The fourth-order valence-electron chi connectivity index (χ4n) is 4.26. The summed E-state index contributed by atoms with van der Waals surface area (Å²) in [5.41, 5.74) is 5.72. The Morgan fingerprint density at radius 3 is 2.64 bits per heavy atom. The van der Waals surface area contributed by atoms with Crippen molar-refractivity contribution in [2.24, 2.45) is 5.92 Å². The molecule has 22 heavy (non-hydrogen) atoms. The van der Waals surface area contributed by atoms with Crippen LogP contribution < -0.4 is 0 Å². The molecule has 0 radical (unpaired) electrons. The molecule has 0 aromatic heterocycles. The SMILES string of the molecule is CC(=O)CC(C)(C)c1ccc2c(c1)C(CC1CCCC1)=CC2. The van der Waals surface area contributed by atoms with Crippen LogP contribution in [0, 0.1) is 5.92 Å². The summed E-state index contributed by atoms with van der Waals surface area (Å²) in [7, 11) is 0. The minimum absolute atomic E-state index is 0.0675. The topological polar surface area (TPSA) is 17.1 Å². The van der Waals surface area contributed by atoms with Gasteiger partial charge in [-0.2, -0.15) is 0 Å². The Labute approximate surface area is 134 Å². The Morgan fingerprint density at radius 2 is 1.95 bits per heavy atom. The molecule has 1 nitrogen and oxygen atoms in total. The van der Waals surface area contributed by atoms with Crippen molar-refractivity contribution >= 4 is 11.4 Å². The summed E-state index contributed by atoms with van der Waals surface area (Å²) in [5.74, 6) is 1.17. The number of benzene rings is 1. The van der Waals surface area contributed by atoms with E-state index in [2.05, 4.69) is 38.1 Å². The molecule has 1 aromatic rings. The van der Waals surface area contributed by atoms with E-state index in [0.717, 1.165) is 12.3 Å². The second kappa shape index (κ2) is 6.02. The molecule has 118 valence electrons. The normalized spacial score (nSPS) is 18.4. The maximum atomic E-state index is 11.5. The van der Waals surface area contributed by atoms with Crippen molar-refractivity contribution in [3.05, 3.63) is 41.0 Å². The Kier molecular flexibility index (Phi) is 4.25. The second-order valence-corrected chi connectivity index (χ2v) is 7.92. The van der Waals surface area contributed by atoms with Crippen molar-refractivity contribution in [3.63, 3.8) is 0 Å². The Balaban J connectivity index is 1.83. The minimum Gasteiger partial charge on any atom is -0.300 e. The lowest BCUT2D eigenvalue weighted by molar-refractivity contribution is -0.118. The molecule has 0 aliphatic heterocycles. The Bertz CT molecular complexity index is 600. The van der Waals surface area contributed by atoms with Gasteiger partial charge in [0.05, 0.1) is 0 Å². The van der Waals surface area contributed by atoms with Crippen LogP contribution in [0.15, 0.2) is 24.3 Å². The number of fused-ring (bicyclic) bond motifs is 1. The van der Waals surface area contributed by atoms with Crippen LogP contribution in [0.3, 0.4) is 0 Å². The first-order chi connectivity index (χ1) is 10.5. The summed E-state index contributed by atoms with van der Waals surface area (Å²) in [6, 6.07) is 6.88. The third-order valence-electron chi connectivity index (χ3n) is 5.48. The van der Waals surface area contributed by atoms with Crippen molar-refractivity contribution in [3.8, 4) is 0 Å². The third-order valence-corrected chi connectivity index (χ3v) is 5.48. The summed E-state index contributed by atoms with van der Waals surface area (Å²) in [4.78, 5) is 11.5. The molecule has 0 saturated heterocycles. The van der Waals surface area contributed by atoms with E-state index in [1.807, 2.05) is 0 Å². The maximum absolute atomic E-state index is 11.5. The van der Waals surface area contributed by atoms with Gasteiger partial charge in [-0.1, -0.05) is 63.8 Å². The van der Waals surface area contributed by atoms with E-state index in [-0.39, 0.29) is 11.2 Å². The van der Waals surface area contributed by atoms with E-state index in [9.17, 15) is 4.79 Å². The number of carbonyl (C=O) groups excluding carboxylic acids is 1. The molecular formula is C21H28O. The lowest BCUT2D eigenvalue weighted by atomic mass is 9.79. The van der Waals surface area contributed by atoms with Crippen LogP contribution >= 0.6 is 0 Å². The molecule has 2 aliphatic rings. The molecule has 1 aromatic carbocycles. The highest BCUT2D eigenvalue weighted by atomic mass is 16.1. The average Bonchev–Trinajstić information content (AvgIpc) is 3.07. The van der Waals surface area contributed by atoms with Crippen molar-refractivity contribution in [2.45, 2.75) is 71.1 Å². The van der Waals surface area contributed by atoms with Gasteiger partial charge in [0.25, 0.3) is 0 Å². The molecule has 0 spiro atoms. The van der Waals surface area contributed by atoms with Gasteiger partial charge < -0.3 is 0 Å². The third kappa shape index (κ3) is 3.19. The van der Waals surface area contributed by atoms with E-state index >= 15 is 0 Å². The first-order valence-corrected chi connectivity index (χ1v) is 8.78. The fourth-order valence-corrected chi connectivity index (χ4v) is 4.26. The maximum Gasteiger partial charge on any atom is 0.130 e. The molecule has 1 fully saturated rings. The second-order valence-electron chi connectivity index (χ2n) is 7.92. The van der Waals surface area contributed by atoms with E-state index in [0.29, 0.717) is 6.42 Å². The lowest BCUT2D eigenvalue weighted by Crippen LogP contribution is -2.20. The lowest BCUT2D eigenvalue weighted by Gasteiger charge is -2.25. The predicted octanol–water partition coefficient (Wildman–Crippen LogP) is 5.46. The van der Waals surface area contributed by atoms with Crippen molar-refractivity contribution in [1.82, 2.24) is 0 Å². The molecule has 0 amide bonds. The molecule has 1 heteroatoms. The first kappa shape index (κ1) is 15.5. The zero-order valence-electron chi connectivity index (χ0n) is 14.2. The van der Waals surface area contributed by atoms with Gasteiger partial charge in [-0.15, -0.1) is 0 Å². The number of carbonyl (C=O) groups is 1. The van der Waals surface area contributed by atoms with Crippen LogP contribution in [-0.2, 0) is 16.6 Å². The van der Waals surface area contributed by atoms with Gasteiger partial charge in [-0.3, -0.25) is 4.79 Å². The predicted molar refractivity (Wildman–Crippen MR) is 93.0 cm³/mol. The van der Waals surface area contributed by atoms with E-state index < -0.39 is 0 Å². The Morgan fingerprint density at radius 1 is 1.23 bits per heavy atom. The minimum atomic E-state index is -0.0675. The van der Waals surface area contributed by atoms with Crippen LogP contribution in [0.2, 0.25) is 0 Å². The smallest absolute Gasteiger partial charge is 0.130 e. The average molecular weight is 296 g/mol. The molecule has 0 N–H and O–H groups in total. The molecular weight excluding hydrogens is 268 g/mol. The highest BCUT2D eigenvalue weighted by Crippen LogP contribution is 2.39. The van der Waals surface area contributed by atoms with Crippen molar-refractivity contribution in [2.75, 3.05) is 0 Å². The van der Waals surface area contributed by atoms with Gasteiger partial charge in [0.2, 0.25) is 0 Å². The van der Waals surface area contributed by atoms with E-state index in [4.69, 9.17) is 0 Å². The number of hydrogen-bond acceptors (Lipinski definition) is 1. The summed E-state index contributed by atoms with van der Waals surface area (Å²) in [6.07, 6.45) is 11.0. The molecule has 0 heterocycles. The molecule has 0 atom stereocenters. The number of ketones is 1. The van der Waals surface area contributed by atoms with Gasteiger partial charge >= 0.3 is 0 Å². The monoisotopic (exact) mass is 296 g/mol. The zero-order chi connectivity index (χ0) is 15.7. The van der Waals surface area contributed by atoms with Crippen LogP contribution in [0.1, 0.15) is 76.0 Å². The van der Waals surface area contributed by atoms with Gasteiger partial charge in [-0.05, 0) is 53.4 Å². The van der Waals surface area contributed by atoms with Crippen LogP contribution in [-0.4, -0.2) is 5.78 Å². The van der Waals surface area contributed by atoms with Gasteiger partial charge in [0, 0.05) is 6.42 Å². The standard InChI is InChI=1S/C21H28O/c1-15(22)14-21(2,3)19-11-10-17-8-9-18(20(17)13-19)12-16-6-4-5-7-16/h9-11,13,16H,4-8,12,14H2,1-3H3. The van der Waals surface area contributed by atoms with Gasteiger partial charge in [0.1, 0.15) is 5.78 Å².